The van der Waals surface area contributed by atoms with Gasteiger partial charge in [-0.15, -0.1) is 5.10 Å². The number of ether oxygens (including phenoxy) is 1. The number of carbonyl (C=O) groups is 2. The summed E-state index contributed by atoms with van der Waals surface area (Å²) < 4.78 is 5.81. The Bertz CT molecular complexity index is 449. The second kappa shape index (κ2) is 2.78. The predicted molar refractivity (Wildman–Crippen MR) is 49.6 cm³/mol. The second-order valence-corrected chi connectivity index (χ2v) is 3.72. The zero-order chi connectivity index (χ0) is 11.2. The van der Waals surface area contributed by atoms with Crippen molar-refractivity contribution in [2.75, 3.05) is 12.4 Å². The Labute approximate surface area is 85.4 Å². The molecule has 0 atom stereocenters. The highest BCUT2D eigenvalue weighted by Crippen LogP contribution is 2.27. The molecule has 1 aromatic heterocycles. The van der Waals surface area contributed by atoms with Crippen molar-refractivity contribution in [1.29, 1.82) is 0 Å². The van der Waals surface area contributed by atoms with Gasteiger partial charge < -0.3 is 4.74 Å². The van der Waals surface area contributed by atoms with Crippen LogP contribution in [0.3, 0.4) is 0 Å². The molecule has 0 bridgehead atoms. The number of rotatable bonds is 1. The molecule has 0 spiro atoms. The maximum atomic E-state index is 11.8. The van der Waals surface area contributed by atoms with Crippen molar-refractivity contribution in [3.05, 3.63) is 0 Å². The number of nitrogens with zero attached hydrogens (tertiary/aromatic N) is 3. The SMILES string of the molecule is COc1nc2n(n1)C(=O)C(C)(C)C(=O)N2. The predicted octanol–water partition coefficient (Wildman–Crippen LogP) is -0.0948. The third-order valence-electron chi connectivity index (χ3n) is 2.29. The number of amides is 1. The van der Waals surface area contributed by atoms with Gasteiger partial charge in [0.15, 0.2) is 0 Å². The highest BCUT2D eigenvalue weighted by atomic mass is 16.5. The van der Waals surface area contributed by atoms with Crippen LogP contribution in [0.2, 0.25) is 0 Å². The third kappa shape index (κ3) is 1.19. The van der Waals surface area contributed by atoms with Crippen LogP contribution in [0.5, 0.6) is 6.01 Å². The monoisotopic (exact) mass is 210 g/mol. The molecule has 15 heavy (non-hydrogen) atoms. The normalized spacial score (nSPS) is 18.3. The summed E-state index contributed by atoms with van der Waals surface area (Å²) in [6.07, 6.45) is 0. The van der Waals surface area contributed by atoms with E-state index in [0.717, 1.165) is 4.68 Å². The molecule has 0 unspecified atom stereocenters. The lowest BCUT2D eigenvalue weighted by Gasteiger charge is -2.25. The van der Waals surface area contributed by atoms with Crippen LogP contribution in [-0.2, 0) is 4.79 Å². The molecular weight excluding hydrogens is 200 g/mol. The zero-order valence-corrected chi connectivity index (χ0v) is 8.57. The van der Waals surface area contributed by atoms with Crippen molar-refractivity contribution < 1.29 is 14.3 Å². The number of carbonyl (C=O) groups excluding carboxylic acids is 2. The first-order chi connectivity index (χ1) is 6.96. The van der Waals surface area contributed by atoms with Gasteiger partial charge in [-0.1, -0.05) is 0 Å². The molecule has 0 aliphatic carbocycles. The Balaban J connectivity index is 2.54. The molecule has 0 aromatic carbocycles. The first kappa shape index (κ1) is 9.63. The van der Waals surface area contributed by atoms with E-state index in [9.17, 15) is 9.59 Å². The van der Waals surface area contributed by atoms with Crippen LogP contribution in [0.1, 0.15) is 18.6 Å². The summed E-state index contributed by atoms with van der Waals surface area (Å²) >= 11 is 0. The van der Waals surface area contributed by atoms with Crippen molar-refractivity contribution in [1.82, 2.24) is 14.8 Å². The highest BCUT2D eigenvalue weighted by Gasteiger charge is 2.43. The zero-order valence-electron chi connectivity index (χ0n) is 8.57. The Kier molecular flexibility index (Phi) is 1.79. The minimum absolute atomic E-state index is 0.0522. The van der Waals surface area contributed by atoms with Crippen LogP contribution in [0.25, 0.3) is 0 Å². The van der Waals surface area contributed by atoms with Gasteiger partial charge in [0, 0.05) is 0 Å². The van der Waals surface area contributed by atoms with E-state index in [1.165, 1.54) is 21.0 Å². The van der Waals surface area contributed by atoms with Gasteiger partial charge in [0.2, 0.25) is 11.9 Å². The molecule has 1 aliphatic rings. The van der Waals surface area contributed by atoms with E-state index in [1.807, 2.05) is 0 Å². The van der Waals surface area contributed by atoms with E-state index in [1.54, 1.807) is 0 Å². The molecule has 2 heterocycles. The summed E-state index contributed by atoms with van der Waals surface area (Å²) in [5, 5.41) is 6.28. The molecule has 0 radical (unpaired) electrons. The molecule has 1 aliphatic heterocycles. The van der Waals surface area contributed by atoms with Gasteiger partial charge in [-0.25, -0.2) is 0 Å². The highest BCUT2D eigenvalue weighted by molar-refractivity contribution is 6.13. The maximum absolute atomic E-state index is 11.8. The fraction of sp³-hybridized carbons (Fsp3) is 0.500. The number of hydrogen-bond acceptors (Lipinski definition) is 5. The fourth-order valence-electron chi connectivity index (χ4n) is 1.22. The van der Waals surface area contributed by atoms with Crippen LogP contribution >= 0.6 is 0 Å². The average molecular weight is 210 g/mol. The summed E-state index contributed by atoms with van der Waals surface area (Å²) in [5.74, 6) is -0.715. The largest absolute Gasteiger partial charge is 0.466 e. The Morgan fingerprint density at radius 1 is 1.40 bits per heavy atom. The summed E-state index contributed by atoms with van der Waals surface area (Å²) in [6.45, 7) is 3.06. The summed E-state index contributed by atoms with van der Waals surface area (Å²) in [6, 6.07) is 0.0522. The number of hydrogen-bond donors (Lipinski definition) is 1. The smallest absolute Gasteiger partial charge is 0.337 e. The molecule has 1 amide bonds. The fourth-order valence-corrected chi connectivity index (χ4v) is 1.22. The van der Waals surface area contributed by atoms with Crippen molar-refractivity contribution in [3.8, 4) is 6.01 Å². The van der Waals surface area contributed by atoms with Gasteiger partial charge in [0.25, 0.3) is 5.91 Å². The van der Waals surface area contributed by atoms with Gasteiger partial charge in [0.1, 0.15) is 5.41 Å². The molecule has 0 saturated heterocycles. The lowest BCUT2D eigenvalue weighted by atomic mass is 9.90. The number of methoxy groups -OCH3 is 1. The molecule has 7 nitrogen and oxygen atoms in total. The van der Waals surface area contributed by atoms with E-state index in [2.05, 4.69) is 15.4 Å². The minimum atomic E-state index is -1.13. The van der Waals surface area contributed by atoms with Gasteiger partial charge in [0.05, 0.1) is 7.11 Å². The van der Waals surface area contributed by atoms with E-state index >= 15 is 0 Å². The molecule has 2 rings (SSSR count). The number of anilines is 1. The van der Waals surface area contributed by atoms with Gasteiger partial charge in [-0.3, -0.25) is 14.9 Å². The number of fused-ring (bicyclic) bond motifs is 1. The Morgan fingerprint density at radius 2 is 2.07 bits per heavy atom. The van der Waals surface area contributed by atoms with Crippen LogP contribution in [0.4, 0.5) is 5.95 Å². The quantitative estimate of drug-likeness (QED) is 0.654. The Morgan fingerprint density at radius 3 is 2.67 bits per heavy atom. The van der Waals surface area contributed by atoms with Crippen molar-refractivity contribution in [2.45, 2.75) is 13.8 Å². The van der Waals surface area contributed by atoms with Crippen molar-refractivity contribution in [2.24, 2.45) is 5.41 Å². The van der Waals surface area contributed by atoms with Crippen LogP contribution in [0, 0.1) is 5.41 Å². The topological polar surface area (TPSA) is 86.1 Å². The summed E-state index contributed by atoms with van der Waals surface area (Å²) in [7, 11) is 1.39. The Hall–Kier alpha value is -1.92. The molecule has 1 aromatic rings. The number of aromatic nitrogens is 3. The maximum Gasteiger partial charge on any atom is 0.337 e. The molecule has 7 heteroatoms. The summed E-state index contributed by atoms with van der Waals surface area (Å²) in [5.41, 5.74) is -1.13. The van der Waals surface area contributed by atoms with Gasteiger partial charge >= 0.3 is 6.01 Å². The molecule has 1 N–H and O–H groups in total. The molecule has 80 valence electrons. The second-order valence-electron chi connectivity index (χ2n) is 3.72. The third-order valence-corrected chi connectivity index (χ3v) is 2.29. The van der Waals surface area contributed by atoms with Gasteiger partial charge in [-0.2, -0.15) is 9.67 Å². The lowest BCUT2D eigenvalue weighted by Crippen LogP contribution is -2.46. The van der Waals surface area contributed by atoms with Crippen LogP contribution < -0.4 is 10.1 Å². The van der Waals surface area contributed by atoms with E-state index in [-0.39, 0.29) is 12.0 Å². The lowest BCUT2D eigenvalue weighted by molar-refractivity contribution is -0.122. The van der Waals surface area contributed by atoms with Crippen LogP contribution in [-0.4, -0.2) is 33.7 Å². The first-order valence-corrected chi connectivity index (χ1v) is 4.34. The molecular formula is C8H10N4O3. The minimum Gasteiger partial charge on any atom is -0.466 e. The molecule has 0 fully saturated rings. The summed E-state index contributed by atoms with van der Waals surface area (Å²) in [4.78, 5) is 27.2. The van der Waals surface area contributed by atoms with E-state index in [4.69, 9.17) is 4.74 Å². The first-order valence-electron chi connectivity index (χ1n) is 4.34. The number of nitrogens with one attached hydrogen (secondary N) is 1. The van der Waals surface area contributed by atoms with Crippen molar-refractivity contribution in [3.63, 3.8) is 0 Å². The molecule has 0 saturated carbocycles. The van der Waals surface area contributed by atoms with E-state index < -0.39 is 17.2 Å². The van der Waals surface area contributed by atoms with Crippen molar-refractivity contribution >= 4 is 17.8 Å². The van der Waals surface area contributed by atoms with Crippen LogP contribution in [0.15, 0.2) is 0 Å². The van der Waals surface area contributed by atoms with E-state index in [0.29, 0.717) is 0 Å². The van der Waals surface area contributed by atoms with Gasteiger partial charge in [-0.05, 0) is 13.8 Å². The average Bonchev–Trinajstić information content (AvgIpc) is 2.58. The standard InChI is InChI=1S/C8H10N4O3/c1-8(2)4(13)9-6-10-7(15-3)11-12(6)5(8)14/h1-3H3,(H,9,10,11,13).